The Balaban J connectivity index is 1.78. The van der Waals surface area contributed by atoms with Crippen LogP contribution in [-0.4, -0.2) is 10.1 Å². The maximum Gasteiger partial charge on any atom is 0.231 e. The summed E-state index contributed by atoms with van der Waals surface area (Å²) in [5.41, 5.74) is 6.18. The third kappa shape index (κ3) is 2.23. The molecule has 1 aliphatic carbocycles. The lowest BCUT2D eigenvalue weighted by atomic mass is 9.77. The fraction of sp³-hybridized carbons (Fsp3) is 0.385. The van der Waals surface area contributed by atoms with Crippen LogP contribution in [0.15, 0.2) is 22.7 Å². The van der Waals surface area contributed by atoms with Crippen molar-refractivity contribution in [3.63, 3.8) is 0 Å². The zero-order valence-corrected chi connectivity index (χ0v) is 10.2. The summed E-state index contributed by atoms with van der Waals surface area (Å²) in [7, 11) is 0. The van der Waals surface area contributed by atoms with Crippen molar-refractivity contribution >= 4 is 0 Å². The first-order chi connectivity index (χ1) is 9.07. The van der Waals surface area contributed by atoms with Crippen LogP contribution in [0.2, 0.25) is 0 Å². The van der Waals surface area contributed by atoms with Gasteiger partial charge in [0, 0.05) is 0 Å². The van der Waals surface area contributed by atoms with Crippen molar-refractivity contribution < 1.29 is 13.3 Å². The highest BCUT2D eigenvalue weighted by molar-refractivity contribution is 5.21. The van der Waals surface area contributed by atoms with Gasteiger partial charge in [0.15, 0.2) is 17.5 Å². The van der Waals surface area contributed by atoms with Crippen LogP contribution in [0.5, 0.6) is 0 Å². The summed E-state index contributed by atoms with van der Waals surface area (Å²) in [5.74, 6) is -0.897. The van der Waals surface area contributed by atoms with Crippen LogP contribution in [0.25, 0.3) is 0 Å². The molecule has 0 unspecified atom stereocenters. The van der Waals surface area contributed by atoms with Gasteiger partial charge in [0.1, 0.15) is 0 Å². The van der Waals surface area contributed by atoms with E-state index in [1.165, 1.54) is 6.07 Å². The number of halogens is 2. The fourth-order valence-corrected chi connectivity index (χ4v) is 2.13. The average molecular weight is 265 g/mol. The van der Waals surface area contributed by atoms with Gasteiger partial charge in [-0.3, -0.25) is 0 Å². The highest BCUT2D eigenvalue weighted by Gasteiger charge is 2.38. The van der Waals surface area contributed by atoms with Gasteiger partial charge in [-0.15, -0.1) is 0 Å². The molecule has 0 atom stereocenters. The minimum atomic E-state index is -0.883. The van der Waals surface area contributed by atoms with Crippen molar-refractivity contribution in [2.45, 2.75) is 31.2 Å². The summed E-state index contributed by atoms with van der Waals surface area (Å²) in [4.78, 5) is 4.23. The van der Waals surface area contributed by atoms with Crippen molar-refractivity contribution in [3.05, 3.63) is 47.1 Å². The quantitative estimate of drug-likeness (QED) is 0.924. The van der Waals surface area contributed by atoms with Crippen LogP contribution in [0.3, 0.4) is 0 Å². The molecule has 3 rings (SSSR count). The van der Waals surface area contributed by atoms with Crippen LogP contribution in [0, 0.1) is 11.6 Å². The molecule has 6 heteroatoms. The largest absolute Gasteiger partial charge is 0.339 e. The number of hydrogen-bond donors (Lipinski definition) is 1. The summed E-state index contributed by atoms with van der Waals surface area (Å²) in [6, 6.07) is 3.70. The van der Waals surface area contributed by atoms with E-state index in [9.17, 15) is 8.78 Å². The fourth-order valence-electron chi connectivity index (χ4n) is 2.13. The van der Waals surface area contributed by atoms with E-state index in [1.807, 2.05) is 0 Å². The smallest absolute Gasteiger partial charge is 0.231 e. The lowest BCUT2D eigenvalue weighted by Gasteiger charge is -2.34. The topological polar surface area (TPSA) is 64.9 Å². The normalized spacial score (nSPS) is 17.2. The summed E-state index contributed by atoms with van der Waals surface area (Å²) in [6.07, 6.45) is 3.01. The molecule has 0 amide bonds. The molecule has 1 aromatic heterocycles. The maximum absolute atomic E-state index is 13.1. The number of rotatable bonds is 3. The van der Waals surface area contributed by atoms with E-state index in [4.69, 9.17) is 10.3 Å². The highest BCUT2D eigenvalue weighted by Crippen LogP contribution is 2.36. The highest BCUT2D eigenvalue weighted by atomic mass is 19.2. The van der Waals surface area contributed by atoms with Crippen LogP contribution < -0.4 is 5.73 Å². The number of nitrogens with two attached hydrogens (primary N) is 1. The first-order valence-corrected chi connectivity index (χ1v) is 6.13. The van der Waals surface area contributed by atoms with Crippen molar-refractivity contribution in [3.8, 4) is 0 Å². The van der Waals surface area contributed by atoms with Gasteiger partial charge in [-0.1, -0.05) is 11.2 Å². The van der Waals surface area contributed by atoms with Crippen LogP contribution in [0.4, 0.5) is 8.78 Å². The number of hydrogen-bond acceptors (Lipinski definition) is 4. The molecule has 0 aliphatic heterocycles. The Bertz CT molecular complexity index is 608. The van der Waals surface area contributed by atoms with Crippen LogP contribution in [-0.2, 0) is 12.0 Å². The Hall–Kier alpha value is -1.82. The van der Waals surface area contributed by atoms with Gasteiger partial charge in [-0.05, 0) is 37.0 Å². The number of benzene rings is 1. The standard InChI is InChI=1S/C13H13F2N3O/c14-9-3-2-8(6-10(9)15)7-11-17-12(18-19-11)13(16)4-1-5-13/h2-3,6H,1,4-5,7,16H2. The van der Waals surface area contributed by atoms with E-state index in [0.29, 0.717) is 17.3 Å². The minimum absolute atomic E-state index is 0.264. The molecule has 0 radical (unpaired) electrons. The number of aromatic nitrogens is 2. The third-order valence-corrected chi connectivity index (χ3v) is 3.50. The van der Waals surface area contributed by atoms with E-state index < -0.39 is 17.2 Å². The Morgan fingerprint density at radius 2 is 2.05 bits per heavy atom. The Kier molecular flexibility index (Phi) is 2.82. The molecular weight excluding hydrogens is 252 g/mol. The summed E-state index contributed by atoms with van der Waals surface area (Å²) < 4.78 is 31.0. The van der Waals surface area contributed by atoms with Crippen molar-refractivity contribution in [2.75, 3.05) is 0 Å². The lowest BCUT2D eigenvalue weighted by molar-refractivity contribution is 0.229. The predicted octanol–water partition coefficient (Wildman–Crippen LogP) is 2.28. The molecule has 2 aromatic rings. The molecule has 1 aliphatic rings. The van der Waals surface area contributed by atoms with E-state index >= 15 is 0 Å². The van der Waals surface area contributed by atoms with Crippen molar-refractivity contribution in [2.24, 2.45) is 5.73 Å². The molecule has 4 nitrogen and oxygen atoms in total. The monoisotopic (exact) mass is 265 g/mol. The molecule has 2 N–H and O–H groups in total. The molecule has 1 fully saturated rings. The molecule has 100 valence electrons. The van der Waals surface area contributed by atoms with Crippen molar-refractivity contribution in [1.82, 2.24) is 10.1 Å². The van der Waals surface area contributed by atoms with Gasteiger partial charge >= 0.3 is 0 Å². The number of nitrogens with zero attached hydrogens (tertiary/aromatic N) is 2. The second-order valence-electron chi connectivity index (χ2n) is 4.95. The maximum atomic E-state index is 13.1. The minimum Gasteiger partial charge on any atom is -0.339 e. The van der Waals surface area contributed by atoms with Crippen LogP contribution in [0.1, 0.15) is 36.5 Å². The molecule has 1 heterocycles. The third-order valence-electron chi connectivity index (χ3n) is 3.50. The molecular formula is C13H13F2N3O. The first kappa shape index (κ1) is 12.2. The Labute approximate surface area is 108 Å². The molecule has 1 aromatic carbocycles. The van der Waals surface area contributed by atoms with Crippen LogP contribution >= 0.6 is 0 Å². The van der Waals surface area contributed by atoms with Gasteiger partial charge in [0.2, 0.25) is 5.89 Å². The Morgan fingerprint density at radius 1 is 1.26 bits per heavy atom. The van der Waals surface area contributed by atoms with Gasteiger partial charge < -0.3 is 10.3 Å². The average Bonchev–Trinajstić information content (AvgIpc) is 2.80. The summed E-state index contributed by atoms with van der Waals surface area (Å²) in [5, 5.41) is 3.87. The van der Waals surface area contributed by atoms with E-state index in [2.05, 4.69) is 10.1 Å². The van der Waals surface area contributed by atoms with E-state index in [-0.39, 0.29) is 6.42 Å². The molecule has 1 saturated carbocycles. The van der Waals surface area contributed by atoms with E-state index in [1.54, 1.807) is 0 Å². The van der Waals surface area contributed by atoms with Gasteiger partial charge in [0.25, 0.3) is 0 Å². The van der Waals surface area contributed by atoms with Gasteiger partial charge in [-0.25, -0.2) is 8.78 Å². The SMILES string of the molecule is NC1(c2noc(Cc3ccc(F)c(F)c3)n2)CCC1. The predicted molar refractivity (Wildman–Crippen MR) is 63.2 cm³/mol. The van der Waals surface area contributed by atoms with E-state index in [0.717, 1.165) is 31.4 Å². The lowest BCUT2D eigenvalue weighted by Crippen LogP contribution is -2.44. The molecule has 19 heavy (non-hydrogen) atoms. The molecule has 0 saturated heterocycles. The molecule has 0 spiro atoms. The zero-order chi connectivity index (χ0) is 13.5. The Morgan fingerprint density at radius 3 is 2.68 bits per heavy atom. The summed E-state index contributed by atoms with van der Waals surface area (Å²) in [6.45, 7) is 0. The molecule has 0 bridgehead atoms. The van der Waals surface area contributed by atoms with Crippen molar-refractivity contribution in [1.29, 1.82) is 0 Å². The zero-order valence-electron chi connectivity index (χ0n) is 10.2. The summed E-state index contributed by atoms with van der Waals surface area (Å²) >= 11 is 0. The van der Waals surface area contributed by atoms with Gasteiger partial charge in [-0.2, -0.15) is 4.98 Å². The first-order valence-electron chi connectivity index (χ1n) is 6.13. The van der Waals surface area contributed by atoms with Gasteiger partial charge in [0.05, 0.1) is 12.0 Å². The second kappa shape index (κ2) is 4.38. The second-order valence-corrected chi connectivity index (χ2v) is 4.95.